The number of benzene rings is 1. The highest BCUT2D eigenvalue weighted by Gasteiger charge is 2.29. The van der Waals surface area contributed by atoms with E-state index in [1.54, 1.807) is 7.11 Å². The van der Waals surface area contributed by atoms with Gasteiger partial charge in [0.05, 0.1) is 44.2 Å². The van der Waals surface area contributed by atoms with Gasteiger partial charge in [0.1, 0.15) is 17.4 Å². The first-order valence-corrected chi connectivity index (χ1v) is 14.3. The first kappa shape index (κ1) is 27.8. The average Bonchev–Trinajstić information content (AvgIpc) is 3.36. The first-order valence-electron chi connectivity index (χ1n) is 13.9. The molecular formula is C29H38ClN5O4. The molecule has 1 aromatic carbocycles. The largest absolute Gasteiger partial charge is 0.496 e. The number of likely N-dealkylation sites (tertiary alicyclic amines) is 1. The molecular weight excluding hydrogens is 518 g/mol. The Labute approximate surface area is 235 Å². The number of hydrogen-bond donors (Lipinski definition) is 2. The van der Waals surface area contributed by atoms with Gasteiger partial charge in [-0.05, 0) is 31.4 Å². The molecule has 1 aliphatic carbocycles. The molecule has 2 aromatic rings. The zero-order chi connectivity index (χ0) is 27.4. The summed E-state index contributed by atoms with van der Waals surface area (Å²) in [6.45, 7) is 7.08. The number of nitrogens with zero attached hydrogens (tertiary/aromatic N) is 4. The van der Waals surface area contributed by atoms with Gasteiger partial charge in [-0.15, -0.1) is 0 Å². The summed E-state index contributed by atoms with van der Waals surface area (Å²) in [4.78, 5) is 27.4. The quantitative estimate of drug-likeness (QED) is 0.486. The minimum Gasteiger partial charge on any atom is -0.496 e. The van der Waals surface area contributed by atoms with Gasteiger partial charge in [-0.2, -0.15) is 0 Å². The molecule has 1 aromatic heterocycles. The Morgan fingerprint density at radius 1 is 1.23 bits per heavy atom. The van der Waals surface area contributed by atoms with Gasteiger partial charge >= 0.3 is 0 Å². The third-order valence-electron chi connectivity index (χ3n) is 7.99. The lowest BCUT2D eigenvalue weighted by molar-refractivity contribution is 0.00158. The number of methoxy groups -OCH3 is 1. The second-order valence-electron chi connectivity index (χ2n) is 10.4. The molecule has 0 unspecified atom stereocenters. The van der Waals surface area contributed by atoms with Crippen LogP contribution in [-0.2, 0) is 17.6 Å². The van der Waals surface area contributed by atoms with Crippen LogP contribution in [0.2, 0.25) is 0 Å². The highest BCUT2D eigenvalue weighted by Crippen LogP contribution is 2.35. The fourth-order valence-electron chi connectivity index (χ4n) is 5.65. The lowest BCUT2D eigenvalue weighted by Crippen LogP contribution is -2.50. The standard InChI is InChI=1S/C29H38ClN5O4/c1-3-21(18-36)31-28-27-23(30)6-7-24(27)32-26(33-28)17-19-4-5-20(16-25(19)38-2)29(37)35-10-8-22(9-11-35)34-12-14-39-15-13-34/h4-6,16,21-22,36H,3,7-15,17-18H2,1-2H3,(H,31,32,33)/t21-/m0/s1. The highest BCUT2D eigenvalue weighted by molar-refractivity contribution is 6.49. The molecule has 1 atom stereocenters. The van der Waals surface area contributed by atoms with Crippen LogP contribution in [0.5, 0.6) is 5.75 Å². The Kier molecular flexibility index (Phi) is 9.02. The van der Waals surface area contributed by atoms with E-state index in [-0.39, 0.29) is 18.6 Å². The van der Waals surface area contributed by atoms with Crippen LogP contribution in [0.4, 0.5) is 5.82 Å². The van der Waals surface area contributed by atoms with E-state index in [1.807, 2.05) is 36.1 Å². The molecule has 9 nitrogen and oxygen atoms in total. The normalized spacial score (nSPS) is 19.0. The molecule has 10 heteroatoms. The third-order valence-corrected chi connectivity index (χ3v) is 8.34. The van der Waals surface area contributed by atoms with Crippen molar-refractivity contribution in [3.05, 3.63) is 52.5 Å². The number of ether oxygens (including phenoxy) is 2. The lowest BCUT2D eigenvalue weighted by atomic mass is 10.0. The second-order valence-corrected chi connectivity index (χ2v) is 10.8. The van der Waals surface area contributed by atoms with Crippen LogP contribution in [0.1, 0.15) is 59.2 Å². The number of carbonyl (C=O) groups is 1. The smallest absolute Gasteiger partial charge is 0.253 e. The van der Waals surface area contributed by atoms with E-state index in [9.17, 15) is 9.90 Å². The summed E-state index contributed by atoms with van der Waals surface area (Å²) in [6.07, 6.45) is 5.74. The molecule has 3 aliphatic rings. The summed E-state index contributed by atoms with van der Waals surface area (Å²) in [5, 5.41) is 13.7. The number of halogens is 1. The van der Waals surface area contributed by atoms with Crippen LogP contribution < -0.4 is 10.1 Å². The number of allylic oxidation sites excluding steroid dienone is 1. The monoisotopic (exact) mass is 555 g/mol. The Hall–Kier alpha value is -2.72. The molecule has 2 fully saturated rings. The predicted octanol–water partition coefficient (Wildman–Crippen LogP) is 3.33. The van der Waals surface area contributed by atoms with Crippen molar-refractivity contribution in [2.24, 2.45) is 0 Å². The Morgan fingerprint density at radius 3 is 2.69 bits per heavy atom. The summed E-state index contributed by atoms with van der Waals surface area (Å²) in [5.74, 6) is 1.95. The van der Waals surface area contributed by atoms with Crippen LogP contribution in [0.15, 0.2) is 24.3 Å². The number of hydrogen-bond acceptors (Lipinski definition) is 8. The van der Waals surface area contributed by atoms with Crippen LogP contribution in [0.3, 0.4) is 0 Å². The summed E-state index contributed by atoms with van der Waals surface area (Å²) >= 11 is 6.45. The van der Waals surface area contributed by atoms with E-state index in [0.717, 1.165) is 75.5 Å². The van der Waals surface area contributed by atoms with Gasteiger partial charge in [0.15, 0.2) is 0 Å². The van der Waals surface area contributed by atoms with Gasteiger partial charge in [-0.3, -0.25) is 9.69 Å². The van der Waals surface area contributed by atoms with E-state index in [2.05, 4.69) is 10.2 Å². The fourth-order valence-corrected chi connectivity index (χ4v) is 5.93. The number of amides is 1. The molecule has 2 saturated heterocycles. The molecule has 5 rings (SSSR count). The van der Waals surface area contributed by atoms with E-state index < -0.39 is 0 Å². The van der Waals surface area contributed by atoms with E-state index in [0.29, 0.717) is 46.9 Å². The number of anilines is 1. The molecule has 0 radical (unpaired) electrons. The molecule has 39 heavy (non-hydrogen) atoms. The maximum Gasteiger partial charge on any atom is 0.253 e. The zero-order valence-electron chi connectivity index (χ0n) is 22.8. The zero-order valence-corrected chi connectivity index (χ0v) is 23.5. The fraction of sp³-hybridized carbons (Fsp3) is 0.552. The van der Waals surface area contributed by atoms with Crippen molar-refractivity contribution >= 4 is 28.4 Å². The van der Waals surface area contributed by atoms with Crippen LogP contribution in [0, 0.1) is 0 Å². The maximum atomic E-state index is 13.3. The number of piperidine rings is 1. The Balaban J connectivity index is 1.29. The Bertz CT molecular complexity index is 1200. The van der Waals surface area contributed by atoms with Crippen molar-refractivity contribution < 1.29 is 19.4 Å². The number of nitrogens with one attached hydrogen (secondary N) is 1. The summed E-state index contributed by atoms with van der Waals surface area (Å²) in [7, 11) is 1.62. The van der Waals surface area contributed by atoms with Gasteiger partial charge in [0.25, 0.3) is 5.91 Å². The average molecular weight is 556 g/mol. The number of aromatic nitrogens is 2. The van der Waals surface area contributed by atoms with Gasteiger partial charge in [-0.1, -0.05) is 30.7 Å². The maximum absolute atomic E-state index is 13.3. The van der Waals surface area contributed by atoms with Gasteiger partial charge in [0, 0.05) is 61.2 Å². The van der Waals surface area contributed by atoms with Crippen LogP contribution in [0.25, 0.3) is 5.03 Å². The molecule has 210 valence electrons. The van der Waals surface area contributed by atoms with Gasteiger partial charge in [-0.25, -0.2) is 9.97 Å². The van der Waals surface area contributed by atoms with Crippen molar-refractivity contribution in [3.8, 4) is 5.75 Å². The minimum atomic E-state index is -0.124. The van der Waals surface area contributed by atoms with E-state index in [4.69, 9.17) is 31.0 Å². The van der Waals surface area contributed by atoms with Crippen molar-refractivity contribution in [2.45, 2.75) is 51.1 Å². The van der Waals surface area contributed by atoms with Crippen LogP contribution >= 0.6 is 11.6 Å². The van der Waals surface area contributed by atoms with Gasteiger partial charge < -0.3 is 24.8 Å². The van der Waals surface area contributed by atoms with Crippen molar-refractivity contribution in [2.75, 3.05) is 58.4 Å². The molecule has 0 spiro atoms. The number of aliphatic hydroxyl groups excluding tert-OH is 1. The third kappa shape index (κ3) is 6.22. The number of rotatable bonds is 9. The molecule has 1 amide bonds. The molecule has 0 saturated carbocycles. The van der Waals surface area contributed by atoms with Crippen molar-refractivity contribution in [1.29, 1.82) is 0 Å². The SMILES string of the molecule is CC[C@@H](CO)Nc1nc(Cc2ccc(C(=O)N3CCC(N4CCOCC4)CC3)cc2OC)nc2c1C(Cl)=CC2. The lowest BCUT2D eigenvalue weighted by Gasteiger charge is -2.40. The molecule has 2 aliphatic heterocycles. The highest BCUT2D eigenvalue weighted by atomic mass is 35.5. The number of aliphatic hydroxyl groups is 1. The number of morpholine rings is 1. The molecule has 0 bridgehead atoms. The topological polar surface area (TPSA) is 100 Å². The van der Waals surface area contributed by atoms with Crippen molar-refractivity contribution in [1.82, 2.24) is 19.8 Å². The predicted molar refractivity (Wildman–Crippen MR) is 151 cm³/mol. The molecule has 2 N–H and O–H groups in total. The summed E-state index contributed by atoms with van der Waals surface area (Å²) in [5.41, 5.74) is 3.20. The van der Waals surface area contributed by atoms with Crippen LogP contribution in [-0.4, -0.2) is 96.0 Å². The number of carbonyl (C=O) groups excluding carboxylic acids is 1. The summed E-state index contributed by atoms with van der Waals surface area (Å²) in [6, 6.07) is 6.04. The number of fused-ring (bicyclic) bond motifs is 1. The van der Waals surface area contributed by atoms with Gasteiger partial charge in [0.2, 0.25) is 0 Å². The van der Waals surface area contributed by atoms with E-state index >= 15 is 0 Å². The van der Waals surface area contributed by atoms with Crippen molar-refractivity contribution in [3.63, 3.8) is 0 Å². The summed E-state index contributed by atoms with van der Waals surface area (Å²) < 4.78 is 11.2. The molecule has 3 heterocycles. The van der Waals surface area contributed by atoms with E-state index in [1.165, 1.54) is 0 Å². The first-order chi connectivity index (χ1) is 19.0. The Morgan fingerprint density at radius 2 is 2.00 bits per heavy atom. The second kappa shape index (κ2) is 12.6. The minimum absolute atomic E-state index is 0.000145.